The topological polar surface area (TPSA) is 105 Å². The minimum atomic E-state index is -0.680. The van der Waals surface area contributed by atoms with Crippen LogP contribution < -0.4 is 15.0 Å². The van der Waals surface area contributed by atoms with Gasteiger partial charge >= 0.3 is 0 Å². The third-order valence-electron chi connectivity index (χ3n) is 5.28. The zero-order valence-electron chi connectivity index (χ0n) is 18.1. The highest BCUT2D eigenvalue weighted by atomic mass is 16.6. The van der Waals surface area contributed by atoms with E-state index in [1.807, 2.05) is 17.0 Å². The normalized spacial score (nSPS) is 14.8. The van der Waals surface area contributed by atoms with Gasteiger partial charge < -0.3 is 19.9 Å². The molecule has 1 atom stereocenters. The quantitative estimate of drug-likeness (QED) is 0.405. The van der Waals surface area contributed by atoms with Crippen LogP contribution in [0.3, 0.4) is 0 Å². The molecule has 0 spiro atoms. The van der Waals surface area contributed by atoms with E-state index in [0.717, 1.165) is 11.3 Å². The van der Waals surface area contributed by atoms with E-state index in [9.17, 15) is 19.7 Å². The van der Waals surface area contributed by atoms with Crippen molar-refractivity contribution in [1.82, 2.24) is 10.2 Å². The Labute approximate surface area is 186 Å². The Morgan fingerprint density at radius 2 is 1.75 bits per heavy atom. The molecule has 1 N–H and O–H groups in total. The zero-order chi connectivity index (χ0) is 23.1. The van der Waals surface area contributed by atoms with Gasteiger partial charge in [-0.05, 0) is 36.8 Å². The zero-order valence-corrected chi connectivity index (χ0v) is 18.1. The summed E-state index contributed by atoms with van der Waals surface area (Å²) in [5.74, 6) is 0.186. The van der Waals surface area contributed by atoms with Gasteiger partial charge in [-0.2, -0.15) is 0 Å². The lowest BCUT2D eigenvalue weighted by atomic mass is 10.2. The number of hydrogen-bond donors (Lipinski definition) is 1. The van der Waals surface area contributed by atoms with Crippen LogP contribution >= 0.6 is 0 Å². The number of piperazine rings is 1. The van der Waals surface area contributed by atoms with Crippen LogP contribution in [0, 0.1) is 10.1 Å². The van der Waals surface area contributed by atoms with E-state index in [0.29, 0.717) is 31.9 Å². The molecule has 0 radical (unpaired) electrons. The molecule has 168 valence electrons. The Morgan fingerprint density at radius 1 is 1.09 bits per heavy atom. The van der Waals surface area contributed by atoms with Crippen LogP contribution in [0.4, 0.5) is 11.4 Å². The minimum Gasteiger partial charge on any atom is -0.497 e. The molecule has 32 heavy (non-hydrogen) atoms. The van der Waals surface area contributed by atoms with Gasteiger partial charge in [0.15, 0.2) is 0 Å². The van der Waals surface area contributed by atoms with Gasteiger partial charge in [0.05, 0.1) is 12.0 Å². The summed E-state index contributed by atoms with van der Waals surface area (Å²) in [6, 6.07) is 13.2. The molecule has 1 saturated heterocycles. The second-order valence-electron chi connectivity index (χ2n) is 7.39. The van der Waals surface area contributed by atoms with E-state index < -0.39 is 11.0 Å². The summed E-state index contributed by atoms with van der Waals surface area (Å²) in [7, 11) is 1.59. The second-order valence-corrected chi connectivity index (χ2v) is 7.39. The number of ether oxygens (including phenoxy) is 1. The minimum absolute atomic E-state index is 0.0524. The summed E-state index contributed by atoms with van der Waals surface area (Å²) in [6.07, 6.45) is 3.05. The van der Waals surface area contributed by atoms with Crippen molar-refractivity contribution < 1.29 is 19.2 Å². The van der Waals surface area contributed by atoms with Crippen LogP contribution in [0.5, 0.6) is 5.75 Å². The number of carbonyl (C=O) groups is 2. The molecule has 0 saturated carbocycles. The number of methoxy groups -OCH3 is 1. The third kappa shape index (κ3) is 5.63. The Kier molecular flexibility index (Phi) is 7.43. The van der Waals surface area contributed by atoms with Crippen LogP contribution in [0.1, 0.15) is 12.5 Å². The molecule has 2 amide bonds. The van der Waals surface area contributed by atoms with Crippen LogP contribution in [-0.2, 0) is 9.59 Å². The number of nitro benzene ring substituents is 1. The fraction of sp³-hybridized carbons (Fsp3) is 0.304. The molecular weight excluding hydrogens is 412 g/mol. The highest BCUT2D eigenvalue weighted by molar-refractivity contribution is 5.95. The first-order valence-electron chi connectivity index (χ1n) is 10.3. The first-order chi connectivity index (χ1) is 15.4. The lowest BCUT2D eigenvalue weighted by Crippen LogP contribution is -2.54. The van der Waals surface area contributed by atoms with Crippen molar-refractivity contribution in [3.05, 3.63) is 70.3 Å². The van der Waals surface area contributed by atoms with Crippen molar-refractivity contribution >= 4 is 29.3 Å². The molecule has 2 aromatic carbocycles. The number of anilines is 1. The van der Waals surface area contributed by atoms with E-state index in [2.05, 4.69) is 5.32 Å². The second kappa shape index (κ2) is 10.4. The van der Waals surface area contributed by atoms with Gasteiger partial charge in [-0.15, -0.1) is 0 Å². The monoisotopic (exact) mass is 438 g/mol. The number of amides is 2. The first kappa shape index (κ1) is 22.8. The number of rotatable bonds is 7. The van der Waals surface area contributed by atoms with Crippen LogP contribution in [-0.4, -0.2) is 61.0 Å². The Morgan fingerprint density at radius 3 is 2.38 bits per heavy atom. The van der Waals surface area contributed by atoms with Crippen LogP contribution in [0.25, 0.3) is 6.08 Å². The Balaban J connectivity index is 1.51. The van der Waals surface area contributed by atoms with Crippen molar-refractivity contribution in [2.24, 2.45) is 0 Å². The predicted octanol–water partition coefficient (Wildman–Crippen LogP) is 2.47. The predicted molar refractivity (Wildman–Crippen MR) is 122 cm³/mol. The smallest absolute Gasteiger partial charge is 0.292 e. The summed E-state index contributed by atoms with van der Waals surface area (Å²) in [6.45, 7) is 3.46. The van der Waals surface area contributed by atoms with Crippen LogP contribution in [0.2, 0.25) is 0 Å². The molecule has 1 aliphatic heterocycles. The van der Waals surface area contributed by atoms with Gasteiger partial charge in [0.1, 0.15) is 17.5 Å². The Bertz CT molecular complexity index is 998. The number of carbonyl (C=O) groups excluding carboxylic acids is 2. The van der Waals surface area contributed by atoms with Crippen molar-refractivity contribution in [2.75, 3.05) is 38.2 Å². The van der Waals surface area contributed by atoms with Gasteiger partial charge in [-0.3, -0.25) is 19.7 Å². The summed E-state index contributed by atoms with van der Waals surface area (Å²) >= 11 is 0. The molecule has 1 heterocycles. The van der Waals surface area contributed by atoms with Crippen LogP contribution in [0.15, 0.2) is 54.6 Å². The van der Waals surface area contributed by atoms with E-state index in [1.54, 1.807) is 55.3 Å². The Hall–Kier alpha value is -3.88. The average Bonchev–Trinajstić information content (AvgIpc) is 2.82. The van der Waals surface area contributed by atoms with Crippen molar-refractivity contribution in [3.63, 3.8) is 0 Å². The maximum Gasteiger partial charge on any atom is 0.292 e. The largest absolute Gasteiger partial charge is 0.497 e. The number of nitrogens with zero attached hydrogens (tertiary/aromatic N) is 3. The maximum absolute atomic E-state index is 12.7. The molecular formula is C23H26N4O5. The van der Waals surface area contributed by atoms with Gasteiger partial charge in [-0.1, -0.05) is 24.3 Å². The summed E-state index contributed by atoms with van der Waals surface area (Å²) in [5, 5.41) is 14.0. The molecule has 0 aliphatic carbocycles. The van der Waals surface area contributed by atoms with Gasteiger partial charge in [0.2, 0.25) is 11.8 Å². The summed E-state index contributed by atoms with van der Waals surface area (Å²) < 4.78 is 5.10. The molecule has 2 aromatic rings. The molecule has 0 unspecified atom stereocenters. The first-order valence-corrected chi connectivity index (χ1v) is 10.3. The highest BCUT2D eigenvalue weighted by Gasteiger charge is 2.28. The number of para-hydroxylation sites is 2. The number of hydrogen-bond acceptors (Lipinski definition) is 6. The molecule has 1 aliphatic rings. The molecule has 1 fully saturated rings. The average molecular weight is 438 g/mol. The standard InChI is InChI=1S/C23H26N4O5/c1-17(24-22(28)12-9-18-7-10-19(32-2)11-8-18)23(29)26-15-13-25(14-16-26)20-5-3-4-6-21(20)27(30)31/h3-12,17H,13-16H2,1-2H3,(H,24,28)/b12-9-/t17-/m0/s1. The molecule has 9 heteroatoms. The number of nitrogens with one attached hydrogen (secondary N) is 1. The highest BCUT2D eigenvalue weighted by Crippen LogP contribution is 2.28. The maximum atomic E-state index is 12.7. The lowest BCUT2D eigenvalue weighted by molar-refractivity contribution is -0.384. The fourth-order valence-corrected chi connectivity index (χ4v) is 3.54. The van der Waals surface area contributed by atoms with Crippen molar-refractivity contribution in [1.29, 1.82) is 0 Å². The lowest BCUT2D eigenvalue weighted by Gasteiger charge is -2.36. The van der Waals surface area contributed by atoms with E-state index >= 15 is 0 Å². The van der Waals surface area contributed by atoms with Gasteiger partial charge in [0, 0.05) is 38.3 Å². The molecule has 0 aromatic heterocycles. The summed E-state index contributed by atoms with van der Waals surface area (Å²) in [4.78, 5) is 39.4. The van der Waals surface area contributed by atoms with E-state index in [1.165, 1.54) is 12.1 Å². The van der Waals surface area contributed by atoms with Gasteiger partial charge in [-0.25, -0.2) is 0 Å². The summed E-state index contributed by atoms with van der Waals surface area (Å²) in [5.41, 5.74) is 1.44. The third-order valence-corrected chi connectivity index (χ3v) is 5.28. The van der Waals surface area contributed by atoms with E-state index in [4.69, 9.17) is 4.74 Å². The molecule has 3 rings (SSSR count). The molecule has 9 nitrogen and oxygen atoms in total. The van der Waals surface area contributed by atoms with Gasteiger partial charge in [0.25, 0.3) is 5.69 Å². The molecule has 0 bridgehead atoms. The number of nitro groups is 1. The number of benzene rings is 2. The SMILES string of the molecule is COc1ccc(/C=C\C(=O)N[C@@H](C)C(=O)N2CCN(c3ccccc3[N+](=O)[O-])CC2)cc1. The van der Waals surface area contributed by atoms with E-state index in [-0.39, 0.29) is 17.5 Å². The van der Waals surface area contributed by atoms with Crippen molar-refractivity contribution in [3.8, 4) is 5.75 Å². The van der Waals surface area contributed by atoms with Crippen molar-refractivity contribution in [2.45, 2.75) is 13.0 Å². The fourth-order valence-electron chi connectivity index (χ4n) is 3.54.